The Labute approximate surface area is 217 Å². The summed E-state index contributed by atoms with van der Waals surface area (Å²) in [7, 11) is 1.64. The summed E-state index contributed by atoms with van der Waals surface area (Å²) < 4.78 is 11.0. The third kappa shape index (κ3) is 5.19. The fraction of sp³-hybridized carbons (Fsp3) is 0.258. The number of allylic oxidation sites excluding steroid dienone is 3. The van der Waals surface area contributed by atoms with Gasteiger partial charge in [-0.25, -0.2) is 9.78 Å². The lowest BCUT2D eigenvalue weighted by molar-refractivity contribution is -0.378. The van der Waals surface area contributed by atoms with Gasteiger partial charge >= 0.3 is 5.97 Å². The number of ketones is 1. The Morgan fingerprint density at radius 2 is 1.70 bits per heavy atom. The van der Waals surface area contributed by atoms with E-state index in [9.17, 15) is 9.59 Å². The first kappa shape index (κ1) is 24.5. The van der Waals surface area contributed by atoms with Crippen molar-refractivity contribution in [3.63, 3.8) is 0 Å². The highest BCUT2D eigenvalue weighted by molar-refractivity contribution is 5.96. The van der Waals surface area contributed by atoms with Crippen molar-refractivity contribution in [3.8, 4) is 5.75 Å². The molecule has 0 spiro atoms. The van der Waals surface area contributed by atoms with Crippen LogP contribution in [-0.4, -0.2) is 25.5 Å². The zero-order valence-corrected chi connectivity index (χ0v) is 21.1. The molecule has 37 heavy (non-hydrogen) atoms. The summed E-state index contributed by atoms with van der Waals surface area (Å²) in [6.07, 6.45) is 6.78. The Balaban J connectivity index is 1.45. The lowest BCUT2D eigenvalue weighted by atomic mass is 9.69. The van der Waals surface area contributed by atoms with Gasteiger partial charge in [-0.1, -0.05) is 48.5 Å². The second kappa shape index (κ2) is 10.8. The predicted molar refractivity (Wildman–Crippen MR) is 140 cm³/mol. The van der Waals surface area contributed by atoms with Crippen LogP contribution in [0.2, 0.25) is 0 Å². The number of esters is 1. The summed E-state index contributed by atoms with van der Waals surface area (Å²) >= 11 is 0. The van der Waals surface area contributed by atoms with Crippen LogP contribution in [0.25, 0.3) is 0 Å². The SMILES string of the molecule is COc1ccc(C2C=C3NC(C)=C(C(=O)OCCc4ccccc4)C(c4cc[nH+]cc4)C3C(=O)C2)cc1. The fourth-order valence-corrected chi connectivity index (χ4v) is 5.36. The predicted octanol–water partition coefficient (Wildman–Crippen LogP) is 4.51. The first-order chi connectivity index (χ1) is 18.0. The molecule has 1 aliphatic carbocycles. The van der Waals surface area contributed by atoms with Gasteiger partial charge in [0.2, 0.25) is 0 Å². The van der Waals surface area contributed by atoms with Gasteiger partial charge < -0.3 is 14.8 Å². The Morgan fingerprint density at radius 1 is 0.973 bits per heavy atom. The summed E-state index contributed by atoms with van der Waals surface area (Å²) in [5, 5.41) is 3.40. The van der Waals surface area contributed by atoms with Crippen molar-refractivity contribution in [3.05, 3.63) is 119 Å². The average molecular weight is 496 g/mol. The molecule has 0 radical (unpaired) electrons. The van der Waals surface area contributed by atoms with Crippen molar-refractivity contribution in [2.24, 2.45) is 5.92 Å². The molecule has 0 bridgehead atoms. The monoisotopic (exact) mass is 495 g/mol. The summed E-state index contributed by atoms with van der Waals surface area (Å²) in [6.45, 7) is 2.16. The normalized spacial score (nSPS) is 21.0. The number of H-pyrrole nitrogens is 1. The minimum atomic E-state index is -0.475. The lowest BCUT2D eigenvalue weighted by Crippen LogP contribution is -2.42. The second-order valence-corrected chi connectivity index (χ2v) is 9.50. The quantitative estimate of drug-likeness (QED) is 0.488. The number of pyridine rings is 1. The van der Waals surface area contributed by atoms with E-state index in [0.717, 1.165) is 28.1 Å². The average Bonchev–Trinajstić information content (AvgIpc) is 2.93. The molecular weight excluding hydrogens is 464 g/mol. The molecule has 2 aromatic carbocycles. The molecule has 2 heterocycles. The van der Waals surface area contributed by atoms with Crippen molar-refractivity contribution >= 4 is 11.8 Å². The number of hydrogen-bond acceptors (Lipinski definition) is 5. The fourth-order valence-electron chi connectivity index (χ4n) is 5.36. The summed E-state index contributed by atoms with van der Waals surface area (Å²) in [6, 6.07) is 21.6. The topological polar surface area (TPSA) is 78.8 Å². The van der Waals surface area contributed by atoms with Crippen LogP contribution in [0.4, 0.5) is 0 Å². The van der Waals surface area contributed by atoms with Crippen LogP contribution in [-0.2, 0) is 20.7 Å². The lowest BCUT2D eigenvalue weighted by Gasteiger charge is -2.39. The van der Waals surface area contributed by atoms with Gasteiger partial charge in [0.1, 0.15) is 11.5 Å². The number of fused-ring (bicyclic) bond motifs is 1. The van der Waals surface area contributed by atoms with E-state index in [2.05, 4.69) is 16.4 Å². The molecule has 188 valence electrons. The number of carbonyl (C=O) groups is 2. The van der Waals surface area contributed by atoms with Gasteiger partial charge in [0.25, 0.3) is 0 Å². The largest absolute Gasteiger partial charge is 0.497 e. The molecule has 3 atom stereocenters. The maximum Gasteiger partial charge on any atom is 0.336 e. The van der Waals surface area contributed by atoms with Crippen LogP contribution in [0.5, 0.6) is 5.75 Å². The second-order valence-electron chi connectivity index (χ2n) is 9.50. The van der Waals surface area contributed by atoms with E-state index in [0.29, 0.717) is 24.1 Å². The van der Waals surface area contributed by atoms with Crippen molar-refractivity contribution in [1.29, 1.82) is 0 Å². The highest BCUT2D eigenvalue weighted by Gasteiger charge is 2.45. The smallest absolute Gasteiger partial charge is 0.336 e. The molecule has 5 rings (SSSR count). The van der Waals surface area contributed by atoms with Crippen molar-refractivity contribution in [1.82, 2.24) is 5.32 Å². The standard InChI is InChI=1S/C31H30N2O4/c1-20-28(31(35)37-17-14-21-6-4-3-5-7-21)29(23-12-15-32-16-13-23)30-26(33-20)18-24(19-27(30)34)22-8-10-25(36-2)11-9-22/h3-13,15-16,18,24,29-30,33H,14,17,19H2,1-2H3/p+1. The van der Waals surface area contributed by atoms with Crippen molar-refractivity contribution in [2.45, 2.75) is 31.6 Å². The van der Waals surface area contributed by atoms with Gasteiger partial charge in [0.05, 0.1) is 25.2 Å². The maximum absolute atomic E-state index is 13.7. The summed E-state index contributed by atoms with van der Waals surface area (Å²) in [5.74, 6) is -0.446. The molecule has 2 aliphatic rings. The number of hydrogen-bond donors (Lipinski definition) is 1. The van der Waals surface area contributed by atoms with Gasteiger partial charge in [-0.2, -0.15) is 0 Å². The Kier molecular flexibility index (Phi) is 7.17. The van der Waals surface area contributed by atoms with Gasteiger partial charge in [-0.05, 0) is 35.7 Å². The number of methoxy groups -OCH3 is 1. The Morgan fingerprint density at radius 3 is 2.41 bits per heavy atom. The van der Waals surface area contributed by atoms with E-state index in [1.807, 2.05) is 86.0 Å². The van der Waals surface area contributed by atoms with Crippen LogP contribution in [0.15, 0.2) is 102 Å². The minimum Gasteiger partial charge on any atom is -0.497 e. The molecule has 1 aliphatic heterocycles. The van der Waals surface area contributed by atoms with Crippen LogP contribution < -0.4 is 15.0 Å². The third-order valence-electron chi connectivity index (χ3n) is 7.20. The molecule has 3 aromatic rings. The molecular formula is C31H31N2O4+. The van der Waals surface area contributed by atoms with E-state index in [-0.39, 0.29) is 24.3 Å². The van der Waals surface area contributed by atoms with E-state index in [1.165, 1.54) is 0 Å². The summed E-state index contributed by atoms with van der Waals surface area (Å²) in [5.41, 5.74) is 5.14. The number of Topliss-reactive ketones (excluding diaryl/α,β-unsaturated/α-hetero) is 1. The van der Waals surface area contributed by atoms with E-state index < -0.39 is 11.8 Å². The molecule has 3 unspecified atom stereocenters. The number of benzene rings is 2. The van der Waals surface area contributed by atoms with Gasteiger partial charge in [0.15, 0.2) is 12.4 Å². The molecule has 0 saturated heterocycles. The van der Waals surface area contributed by atoms with Gasteiger partial charge in [0, 0.05) is 48.2 Å². The molecule has 2 N–H and O–H groups in total. The first-order valence-corrected chi connectivity index (χ1v) is 12.6. The molecule has 1 aromatic heterocycles. The Hall–Kier alpha value is -4.19. The first-order valence-electron chi connectivity index (χ1n) is 12.6. The van der Waals surface area contributed by atoms with Crippen LogP contribution in [0, 0.1) is 5.92 Å². The van der Waals surface area contributed by atoms with Gasteiger partial charge in [-0.15, -0.1) is 0 Å². The number of carbonyl (C=O) groups excluding carboxylic acids is 2. The number of nitrogens with one attached hydrogen (secondary N) is 2. The molecule has 6 nitrogen and oxygen atoms in total. The molecule has 6 heteroatoms. The van der Waals surface area contributed by atoms with Crippen LogP contribution in [0.3, 0.4) is 0 Å². The van der Waals surface area contributed by atoms with Gasteiger partial charge in [-0.3, -0.25) is 4.79 Å². The highest BCUT2D eigenvalue weighted by Crippen LogP contribution is 2.46. The zero-order chi connectivity index (χ0) is 25.8. The number of aromatic amines is 1. The maximum atomic E-state index is 13.7. The van der Waals surface area contributed by atoms with E-state index in [4.69, 9.17) is 9.47 Å². The van der Waals surface area contributed by atoms with Crippen molar-refractivity contribution in [2.75, 3.05) is 13.7 Å². The molecule has 0 amide bonds. The Bertz CT molecular complexity index is 1330. The summed E-state index contributed by atoms with van der Waals surface area (Å²) in [4.78, 5) is 30.2. The zero-order valence-electron chi connectivity index (χ0n) is 21.1. The molecule has 0 fully saturated rings. The van der Waals surface area contributed by atoms with E-state index >= 15 is 0 Å². The third-order valence-corrected chi connectivity index (χ3v) is 7.20. The van der Waals surface area contributed by atoms with Crippen LogP contribution >= 0.6 is 0 Å². The van der Waals surface area contributed by atoms with Crippen molar-refractivity contribution < 1.29 is 24.0 Å². The number of ether oxygens (including phenoxy) is 2. The molecule has 0 saturated carbocycles. The number of aromatic nitrogens is 1. The highest BCUT2D eigenvalue weighted by atomic mass is 16.5. The van der Waals surface area contributed by atoms with E-state index in [1.54, 1.807) is 7.11 Å². The number of rotatable bonds is 7. The minimum absolute atomic E-state index is 0.0471. The van der Waals surface area contributed by atoms with Crippen LogP contribution in [0.1, 0.15) is 41.9 Å².